The quantitative estimate of drug-likeness (QED) is 0.748. The Morgan fingerprint density at radius 3 is 3.04 bits per heavy atom. The molecule has 24 heavy (non-hydrogen) atoms. The second-order valence-corrected chi connectivity index (χ2v) is 6.46. The number of aromatic nitrogens is 4. The lowest BCUT2D eigenvalue weighted by molar-refractivity contribution is 0.101. The lowest BCUT2D eigenvalue weighted by Crippen LogP contribution is -2.37. The van der Waals surface area contributed by atoms with Gasteiger partial charge in [0.05, 0.1) is 19.2 Å². The maximum atomic E-state index is 10.2. The van der Waals surface area contributed by atoms with Gasteiger partial charge in [-0.05, 0) is 26.1 Å². The fraction of sp³-hybridized carbons (Fsp3) is 0.688. The molecule has 0 aromatic carbocycles. The average Bonchev–Trinajstić information content (AvgIpc) is 3.28. The molecule has 0 radical (unpaired) electrons. The van der Waals surface area contributed by atoms with Crippen molar-refractivity contribution < 1.29 is 9.63 Å². The van der Waals surface area contributed by atoms with Crippen molar-refractivity contribution in [1.82, 2.24) is 29.7 Å². The van der Waals surface area contributed by atoms with Crippen LogP contribution in [0.4, 0.5) is 0 Å². The summed E-state index contributed by atoms with van der Waals surface area (Å²) in [5.41, 5.74) is 0. The molecule has 3 heterocycles. The van der Waals surface area contributed by atoms with E-state index >= 15 is 0 Å². The maximum absolute atomic E-state index is 10.2. The smallest absolute Gasteiger partial charge is 0.226 e. The fourth-order valence-corrected chi connectivity index (χ4v) is 3.17. The Hall–Kier alpha value is -1.77. The second-order valence-electron chi connectivity index (χ2n) is 6.46. The molecule has 0 saturated carbocycles. The summed E-state index contributed by atoms with van der Waals surface area (Å²) in [5.74, 6) is 1.43. The highest BCUT2D eigenvalue weighted by atomic mass is 16.5. The van der Waals surface area contributed by atoms with Crippen molar-refractivity contribution in [3.63, 3.8) is 0 Å². The van der Waals surface area contributed by atoms with Crippen LogP contribution >= 0.6 is 0 Å². The zero-order valence-electron chi connectivity index (χ0n) is 14.4. The number of aryl methyl sites for hydroxylation is 1. The Bertz CT molecular complexity index is 614. The van der Waals surface area contributed by atoms with Crippen molar-refractivity contribution in [3.05, 3.63) is 30.2 Å². The summed E-state index contributed by atoms with van der Waals surface area (Å²) < 4.78 is 6.93. The minimum Gasteiger partial charge on any atom is -0.390 e. The van der Waals surface area contributed by atoms with E-state index in [2.05, 4.69) is 32.1 Å². The molecule has 2 atom stereocenters. The van der Waals surface area contributed by atoms with Gasteiger partial charge in [-0.25, -0.2) is 0 Å². The molecule has 0 spiro atoms. The number of likely N-dealkylation sites (N-methyl/N-ethyl adjacent to an activating group) is 1. The Balaban J connectivity index is 1.44. The average molecular weight is 334 g/mol. The third-order valence-electron chi connectivity index (χ3n) is 4.50. The lowest BCUT2D eigenvalue weighted by Gasteiger charge is -2.24. The van der Waals surface area contributed by atoms with E-state index in [9.17, 15) is 5.11 Å². The van der Waals surface area contributed by atoms with Gasteiger partial charge >= 0.3 is 0 Å². The van der Waals surface area contributed by atoms with E-state index in [0.717, 1.165) is 31.8 Å². The van der Waals surface area contributed by atoms with Crippen molar-refractivity contribution >= 4 is 0 Å². The minimum atomic E-state index is -0.404. The highest BCUT2D eigenvalue weighted by molar-refractivity contribution is 4.89. The standard InChI is InChI=1S/C16H26N6O2/c1-3-16-18-15(19-24-16)12-20(2)13-5-8-21(9-13)10-14(23)11-22-7-4-6-17-22/h4,6-7,13-14,23H,3,5,8-12H2,1-2H3/t13-,14-/m0/s1. The van der Waals surface area contributed by atoms with E-state index in [1.165, 1.54) is 0 Å². The van der Waals surface area contributed by atoms with Crippen molar-refractivity contribution in [3.8, 4) is 0 Å². The lowest BCUT2D eigenvalue weighted by atomic mass is 10.2. The van der Waals surface area contributed by atoms with E-state index in [0.29, 0.717) is 31.6 Å². The fourth-order valence-electron chi connectivity index (χ4n) is 3.17. The Kier molecular flexibility index (Phi) is 5.60. The third kappa shape index (κ3) is 4.40. The summed E-state index contributed by atoms with van der Waals surface area (Å²) >= 11 is 0. The summed E-state index contributed by atoms with van der Waals surface area (Å²) in [5, 5.41) is 18.4. The number of aliphatic hydroxyl groups excluding tert-OH is 1. The molecule has 8 heteroatoms. The molecule has 0 bridgehead atoms. The van der Waals surface area contributed by atoms with Gasteiger partial charge in [0.1, 0.15) is 0 Å². The molecule has 2 aromatic heterocycles. The SMILES string of the molecule is CCc1nc(CN(C)[C@H]2CCN(C[C@H](O)Cn3cccn3)C2)no1. The zero-order valence-corrected chi connectivity index (χ0v) is 14.4. The normalized spacial score (nSPS) is 20.1. The van der Waals surface area contributed by atoms with E-state index in [1.807, 2.05) is 19.2 Å². The number of nitrogens with zero attached hydrogens (tertiary/aromatic N) is 6. The Labute approximate surface area is 142 Å². The molecule has 1 fully saturated rings. The summed E-state index contributed by atoms with van der Waals surface area (Å²) in [7, 11) is 2.09. The Morgan fingerprint density at radius 1 is 1.46 bits per heavy atom. The van der Waals surface area contributed by atoms with E-state index < -0.39 is 6.10 Å². The molecule has 1 saturated heterocycles. The van der Waals surface area contributed by atoms with Gasteiger partial charge in [-0.15, -0.1) is 0 Å². The highest BCUT2D eigenvalue weighted by Crippen LogP contribution is 2.16. The van der Waals surface area contributed by atoms with Crippen LogP contribution in [0.5, 0.6) is 0 Å². The van der Waals surface area contributed by atoms with Gasteiger partial charge < -0.3 is 9.63 Å². The van der Waals surface area contributed by atoms with Gasteiger partial charge in [0.25, 0.3) is 0 Å². The maximum Gasteiger partial charge on any atom is 0.226 e. The van der Waals surface area contributed by atoms with Gasteiger partial charge in [0.2, 0.25) is 5.89 Å². The summed E-state index contributed by atoms with van der Waals surface area (Å²) in [6.45, 7) is 5.85. The van der Waals surface area contributed by atoms with Gasteiger partial charge in [0, 0.05) is 37.9 Å². The number of aliphatic hydroxyl groups is 1. The van der Waals surface area contributed by atoms with Crippen molar-refractivity contribution in [2.24, 2.45) is 0 Å². The van der Waals surface area contributed by atoms with Gasteiger partial charge in [-0.3, -0.25) is 14.5 Å². The van der Waals surface area contributed by atoms with Crippen LogP contribution in [0, 0.1) is 0 Å². The van der Waals surface area contributed by atoms with Crippen LogP contribution in [0.15, 0.2) is 23.0 Å². The number of hydrogen-bond acceptors (Lipinski definition) is 7. The molecule has 3 rings (SSSR count). The second kappa shape index (κ2) is 7.87. The van der Waals surface area contributed by atoms with E-state index in [4.69, 9.17) is 4.52 Å². The molecule has 8 nitrogen and oxygen atoms in total. The number of hydrogen-bond donors (Lipinski definition) is 1. The first-order chi connectivity index (χ1) is 11.6. The number of β-amino-alcohol motifs (C(OH)–C–C–N with tert-alkyl or cyclic N) is 1. The van der Waals surface area contributed by atoms with Crippen molar-refractivity contribution in [2.45, 2.75) is 45.0 Å². The minimum absolute atomic E-state index is 0.404. The molecule has 0 amide bonds. The predicted octanol–water partition coefficient (Wildman–Crippen LogP) is 0.396. The van der Waals surface area contributed by atoms with Crippen LogP contribution in [0.2, 0.25) is 0 Å². The molecule has 0 aliphatic carbocycles. The number of likely N-dealkylation sites (tertiary alicyclic amines) is 1. The monoisotopic (exact) mass is 334 g/mol. The molecular formula is C16H26N6O2. The molecular weight excluding hydrogens is 308 g/mol. The highest BCUT2D eigenvalue weighted by Gasteiger charge is 2.27. The first-order valence-electron chi connectivity index (χ1n) is 8.53. The summed E-state index contributed by atoms with van der Waals surface area (Å²) in [6, 6.07) is 2.32. The van der Waals surface area contributed by atoms with Crippen LogP contribution < -0.4 is 0 Å². The molecule has 0 unspecified atom stereocenters. The summed E-state index contributed by atoms with van der Waals surface area (Å²) in [6.07, 6.45) is 5.05. The molecule has 2 aromatic rings. The van der Waals surface area contributed by atoms with E-state index in [1.54, 1.807) is 10.9 Å². The van der Waals surface area contributed by atoms with E-state index in [-0.39, 0.29) is 0 Å². The van der Waals surface area contributed by atoms with Crippen molar-refractivity contribution in [1.29, 1.82) is 0 Å². The Morgan fingerprint density at radius 2 is 2.33 bits per heavy atom. The molecule has 1 N–H and O–H groups in total. The number of rotatable bonds is 8. The largest absolute Gasteiger partial charge is 0.390 e. The molecule has 1 aliphatic rings. The summed E-state index contributed by atoms with van der Waals surface area (Å²) in [4.78, 5) is 8.94. The third-order valence-corrected chi connectivity index (χ3v) is 4.50. The van der Waals surface area contributed by atoms with Crippen LogP contribution in [0.25, 0.3) is 0 Å². The van der Waals surface area contributed by atoms with Crippen LogP contribution in [-0.2, 0) is 19.5 Å². The van der Waals surface area contributed by atoms with Crippen LogP contribution in [0.1, 0.15) is 25.1 Å². The van der Waals surface area contributed by atoms with Gasteiger partial charge in [-0.1, -0.05) is 12.1 Å². The molecule has 132 valence electrons. The van der Waals surface area contributed by atoms with Gasteiger partial charge in [0.15, 0.2) is 5.82 Å². The topological polar surface area (TPSA) is 83.5 Å². The van der Waals surface area contributed by atoms with Crippen LogP contribution in [0.3, 0.4) is 0 Å². The zero-order chi connectivity index (χ0) is 16.9. The molecule has 1 aliphatic heterocycles. The first kappa shape index (κ1) is 17.1. The predicted molar refractivity (Wildman–Crippen MR) is 88.2 cm³/mol. The van der Waals surface area contributed by atoms with Gasteiger partial charge in [-0.2, -0.15) is 10.1 Å². The van der Waals surface area contributed by atoms with Crippen LogP contribution in [-0.4, -0.2) is 73.7 Å². The van der Waals surface area contributed by atoms with Crippen molar-refractivity contribution in [2.75, 3.05) is 26.7 Å². The first-order valence-corrected chi connectivity index (χ1v) is 8.53.